The van der Waals surface area contributed by atoms with Gasteiger partial charge < -0.3 is 9.84 Å². The third-order valence-corrected chi connectivity index (χ3v) is 5.18. The number of hydrogen-bond donors (Lipinski definition) is 1. The van der Waals surface area contributed by atoms with Crippen LogP contribution in [0.15, 0.2) is 22.0 Å². The third kappa shape index (κ3) is 3.81. The molecular weight excluding hydrogens is 334 g/mol. The van der Waals surface area contributed by atoms with E-state index in [0.717, 1.165) is 6.07 Å². The lowest BCUT2D eigenvalue weighted by Gasteiger charge is -2.21. The van der Waals surface area contributed by atoms with E-state index in [1.165, 1.54) is 6.07 Å². The number of carboxylic acids is 1. The molecule has 130 valence electrons. The first-order chi connectivity index (χ1) is 10.9. The average Bonchev–Trinajstić information content (AvgIpc) is 2.39. The number of hydrogen-bond acceptors (Lipinski definition) is 5. The Morgan fingerprint density at radius 3 is 2.42 bits per heavy atom. The van der Waals surface area contributed by atoms with E-state index in [2.05, 4.69) is 4.99 Å². The number of aromatic carboxylic acids is 1. The van der Waals surface area contributed by atoms with Crippen LogP contribution in [0.1, 0.15) is 48.7 Å². The topological polar surface area (TPSA) is 110 Å². The average molecular weight is 353 g/mol. The molecule has 8 heteroatoms. The Morgan fingerprint density at radius 1 is 1.25 bits per heavy atom. The first-order valence-electron chi connectivity index (χ1n) is 7.32. The molecule has 0 aromatic heterocycles. The van der Waals surface area contributed by atoms with Gasteiger partial charge in [-0.05, 0) is 45.4 Å². The van der Waals surface area contributed by atoms with Crippen molar-refractivity contribution in [1.82, 2.24) is 0 Å². The van der Waals surface area contributed by atoms with E-state index in [0.29, 0.717) is 5.56 Å². The van der Waals surface area contributed by atoms with Crippen molar-refractivity contribution in [3.63, 3.8) is 0 Å². The monoisotopic (exact) mass is 353 g/mol. The fourth-order valence-electron chi connectivity index (χ4n) is 2.39. The van der Waals surface area contributed by atoms with Crippen molar-refractivity contribution in [3.05, 3.63) is 28.8 Å². The number of aryl methyl sites for hydroxylation is 1. The molecule has 1 aliphatic heterocycles. The fourth-order valence-corrected chi connectivity index (χ4v) is 3.88. The molecular formula is C16H19NO6S. The van der Waals surface area contributed by atoms with Crippen LogP contribution in [0.4, 0.5) is 4.79 Å². The highest BCUT2D eigenvalue weighted by atomic mass is 32.2. The van der Waals surface area contributed by atoms with Gasteiger partial charge >= 0.3 is 12.1 Å². The number of carbonyl (C=O) groups excluding carboxylic acids is 1. The van der Waals surface area contributed by atoms with Crippen LogP contribution in [0.5, 0.6) is 0 Å². The molecule has 0 atom stereocenters. The first kappa shape index (κ1) is 18.1. The summed E-state index contributed by atoms with van der Waals surface area (Å²) < 4.78 is 29.6. The Bertz CT molecular complexity index is 846. The zero-order valence-electron chi connectivity index (χ0n) is 13.9. The van der Waals surface area contributed by atoms with Gasteiger partial charge in [-0.25, -0.2) is 18.0 Å². The number of aliphatic imine (C=N–C) groups is 1. The minimum absolute atomic E-state index is 0.0699. The molecule has 24 heavy (non-hydrogen) atoms. The third-order valence-electron chi connectivity index (χ3n) is 3.43. The van der Waals surface area contributed by atoms with Gasteiger partial charge in [-0.3, -0.25) is 0 Å². The second-order valence-corrected chi connectivity index (χ2v) is 8.65. The summed E-state index contributed by atoms with van der Waals surface area (Å²) in [6.07, 6.45) is -0.733. The number of ether oxygens (including phenoxy) is 1. The molecule has 0 unspecified atom stereocenters. The van der Waals surface area contributed by atoms with E-state index in [9.17, 15) is 23.1 Å². The van der Waals surface area contributed by atoms with E-state index in [-0.39, 0.29) is 33.9 Å². The number of amides is 1. The van der Waals surface area contributed by atoms with Gasteiger partial charge in [0.1, 0.15) is 5.60 Å². The van der Waals surface area contributed by atoms with E-state index in [1.54, 1.807) is 27.7 Å². The van der Waals surface area contributed by atoms with Gasteiger partial charge in [0, 0.05) is 12.0 Å². The molecule has 2 rings (SSSR count). The van der Waals surface area contributed by atoms with Crippen LogP contribution in [0, 0.1) is 6.92 Å². The Kier molecular flexibility index (Phi) is 4.54. The van der Waals surface area contributed by atoms with E-state index in [4.69, 9.17) is 4.74 Å². The van der Waals surface area contributed by atoms with Gasteiger partial charge in [-0.1, -0.05) is 0 Å². The lowest BCUT2D eigenvalue weighted by molar-refractivity contribution is 0.0602. The second kappa shape index (κ2) is 6.01. The molecule has 1 amide bonds. The maximum Gasteiger partial charge on any atom is 0.434 e. The van der Waals surface area contributed by atoms with Crippen LogP contribution in [-0.2, 0) is 14.6 Å². The summed E-state index contributed by atoms with van der Waals surface area (Å²) >= 11 is 0. The van der Waals surface area contributed by atoms with Crippen LogP contribution in [0.3, 0.4) is 0 Å². The lowest BCUT2D eigenvalue weighted by Crippen LogP contribution is -2.26. The molecule has 7 nitrogen and oxygen atoms in total. The number of carboxylic acid groups (broad SMARTS) is 1. The highest BCUT2D eigenvalue weighted by Crippen LogP contribution is 2.29. The summed E-state index contributed by atoms with van der Waals surface area (Å²) in [6, 6.07) is 2.57. The van der Waals surface area contributed by atoms with Crippen LogP contribution < -0.4 is 0 Å². The highest BCUT2D eigenvalue weighted by Gasteiger charge is 2.30. The second-order valence-electron chi connectivity index (χ2n) is 6.58. The lowest BCUT2D eigenvalue weighted by atomic mass is 10.0. The Hall–Kier alpha value is -2.22. The largest absolute Gasteiger partial charge is 0.478 e. The molecule has 1 aromatic rings. The predicted octanol–water partition coefficient (Wildman–Crippen LogP) is 2.59. The quantitative estimate of drug-likeness (QED) is 0.831. The minimum Gasteiger partial charge on any atom is -0.478 e. The summed E-state index contributed by atoms with van der Waals surface area (Å²) in [5.41, 5.74) is 0.142. The summed E-state index contributed by atoms with van der Waals surface area (Å²) in [5.74, 6) is -1.44. The van der Waals surface area contributed by atoms with Crippen molar-refractivity contribution in [1.29, 1.82) is 0 Å². The van der Waals surface area contributed by atoms with Crippen LogP contribution in [-0.4, -0.2) is 42.7 Å². The van der Waals surface area contributed by atoms with Crippen molar-refractivity contribution < 1.29 is 27.9 Å². The Morgan fingerprint density at radius 2 is 1.88 bits per heavy atom. The van der Waals surface area contributed by atoms with E-state index < -0.39 is 27.5 Å². The SMILES string of the molecule is Cc1cc2c(cc1C(=O)O)S(=O)(=O)CC/C2=N\C(=O)OC(C)(C)C. The number of benzene rings is 1. The van der Waals surface area contributed by atoms with Crippen molar-refractivity contribution in [3.8, 4) is 0 Å². The zero-order valence-corrected chi connectivity index (χ0v) is 14.7. The summed E-state index contributed by atoms with van der Waals surface area (Å²) in [5, 5.41) is 9.18. The van der Waals surface area contributed by atoms with Gasteiger partial charge in [0.05, 0.1) is 21.9 Å². The van der Waals surface area contributed by atoms with Crippen molar-refractivity contribution >= 4 is 27.6 Å². The van der Waals surface area contributed by atoms with Gasteiger partial charge in [-0.2, -0.15) is 4.99 Å². The van der Waals surface area contributed by atoms with Crippen LogP contribution in [0.25, 0.3) is 0 Å². The normalized spacial score (nSPS) is 18.1. The number of sulfone groups is 1. The first-order valence-corrected chi connectivity index (χ1v) is 8.97. The molecule has 0 spiro atoms. The maximum atomic E-state index is 12.3. The van der Waals surface area contributed by atoms with Gasteiger partial charge in [0.15, 0.2) is 9.84 Å². The maximum absolute atomic E-state index is 12.3. The predicted molar refractivity (Wildman–Crippen MR) is 87.6 cm³/mol. The molecule has 1 aromatic carbocycles. The smallest absolute Gasteiger partial charge is 0.434 e. The molecule has 1 heterocycles. The van der Waals surface area contributed by atoms with E-state index in [1.807, 2.05) is 0 Å². The number of carbonyl (C=O) groups is 2. The standard InChI is InChI=1S/C16H19NO6S/c1-9-7-11-12(17-15(20)23-16(2,3)4)5-6-24(21,22)13(11)8-10(9)14(18)19/h7-8H,5-6H2,1-4H3,(H,18,19)/b17-12+. The Balaban J connectivity index is 2.57. The van der Waals surface area contributed by atoms with E-state index >= 15 is 0 Å². The number of nitrogens with zero attached hydrogens (tertiary/aromatic N) is 1. The van der Waals surface area contributed by atoms with Crippen molar-refractivity contribution in [2.75, 3.05) is 5.75 Å². The fraction of sp³-hybridized carbons (Fsp3) is 0.438. The summed E-state index contributed by atoms with van der Waals surface area (Å²) in [4.78, 5) is 26.9. The zero-order chi connectivity index (χ0) is 18.3. The van der Waals surface area contributed by atoms with Crippen LogP contribution in [0.2, 0.25) is 0 Å². The molecule has 1 N–H and O–H groups in total. The van der Waals surface area contributed by atoms with Crippen LogP contribution >= 0.6 is 0 Å². The highest BCUT2D eigenvalue weighted by molar-refractivity contribution is 7.91. The molecule has 0 radical (unpaired) electrons. The molecule has 0 fully saturated rings. The van der Waals surface area contributed by atoms with Crippen molar-refractivity contribution in [2.24, 2.45) is 4.99 Å². The van der Waals surface area contributed by atoms with Crippen molar-refractivity contribution in [2.45, 2.75) is 44.6 Å². The summed E-state index contributed by atoms with van der Waals surface area (Å²) in [7, 11) is -3.61. The van der Waals surface area contributed by atoms with Gasteiger partial charge in [0.25, 0.3) is 0 Å². The molecule has 0 saturated carbocycles. The molecule has 0 saturated heterocycles. The molecule has 0 bridgehead atoms. The van der Waals surface area contributed by atoms with Gasteiger partial charge in [-0.15, -0.1) is 0 Å². The molecule has 1 aliphatic rings. The number of fused-ring (bicyclic) bond motifs is 1. The minimum atomic E-state index is -3.61. The summed E-state index contributed by atoms with van der Waals surface area (Å²) in [6.45, 7) is 6.67. The van der Waals surface area contributed by atoms with Gasteiger partial charge in [0.2, 0.25) is 0 Å². The number of rotatable bonds is 1. The molecule has 0 aliphatic carbocycles. The Labute approximate surface area is 140 Å².